The molecule has 0 bridgehead atoms. The van der Waals surface area contributed by atoms with Crippen LogP contribution < -0.4 is 0 Å². The molecule has 1 rings (SSSR count). The largest absolute Gasteiger partial charge is 0.263 e. The molecule has 74 valence electrons. The monoisotopic (exact) mass is 181 g/mol. The molecule has 0 radical (unpaired) electrons. The summed E-state index contributed by atoms with van der Waals surface area (Å²) in [7, 11) is 0. The normalized spacial score (nSPS) is 12.0. The number of H-pyrrole nitrogens is 1. The van der Waals surface area contributed by atoms with Gasteiger partial charge in [-0.3, -0.25) is 5.10 Å². The van der Waals surface area contributed by atoms with Crippen molar-refractivity contribution in [2.75, 3.05) is 0 Å². The van der Waals surface area contributed by atoms with E-state index in [1.165, 1.54) is 0 Å². The highest BCUT2D eigenvalue weighted by atomic mass is 15.2. The summed E-state index contributed by atoms with van der Waals surface area (Å²) in [6.45, 7) is 8.65. The van der Waals surface area contributed by atoms with Crippen LogP contribution in [0.4, 0.5) is 0 Å². The topological polar surface area (TPSA) is 41.6 Å². The zero-order valence-corrected chi connectivity index (χ0v) is 9.02. The van der Waals surface area contributed by atoms with Crippen molar-refractivity contribution in [2.45, 2.75) is 52.4 Å². The lowest BCUT2D eigenvalue weighted by molar-refractivity contribution is 0.474. The predicted molar refractivity (Wildman–Crippen MR) is 53.7 cm³/mol. The van der Waals surface area contributed by atoms with Crippen molar-refractivity contribution in [2.24, 2.45) is 0 Å². The quantitative estimate of drug-likeness (QED) is 0.775. The van der Waals surface area contributed by atoms with Crippen molar-refractivity contribution in [3.63, 3.8) is 0 Å². The van der Waals surface area contributed by atoms with E-state index < -0.39 is 0 Å². The molecule has 0 aliphatic rings. The summed E-state index contributed by atoms with van der Waals surface area (Å²) in [6, 6.07) is 0. The second-order valence-corrected chi connectivity index (χ2v) is 4.09. The first-order valence-electron chi connectivity index (χ1n) is 5.02. The third kappa shape index (κ3) is 2.29. The van der Waals surface area contributed by atoms with Gasteiger partial charge in [0.25, 0.3) is 0 Å². The van der Waals surface area contributed by atoms with Gasteiger partial charge < -0.3 is 0 Å². The van der Waals surface area contributed by atoms with Gasteiger partial charge in [0.05, 0.1) is 0 Å². The maximum atomic E-state index is 4.48. The van der Waals surface area contributed by atoms with Crippen molar-refractivity contribution >= 4 is 0 Å². The van der Waals surface area contributed by atoms with Gasteiger partial charge in [-0.05, 0) is 12.8 Å². The zero-order chi connectivity index (χ0) is 9.90. The third-order valence-corrected chi connectivity index (χ3v) is 2.51. The van der Waals surface area contributed by atoms with Crippen molar-refractivity contribution in [3.05, 3.63) is 11.6 Å². The maximum Gasteiger partial charge on any atom is 0.156 e. The Morgan fingerprint density at radius 1 is 1.31 bits per heavy atom. The van der Waals surface area contributed by atoms with Gasteiger partial charge in [-0.1, -0.05) is 27.7 Å². The van der Waals surface area contributed by atoms with Crippen LogP contribution in [-0.4, -0.2) is 15.2 Å². The molecule has 1 aromatic rings. The smallest absolute Gasteiger partial charge is 0.156 e. The highest BCUT2D eigenvalue weighted by molar-refractivity contribution is 5.03. The van der Waals surface area contributed by atoms with Crippen molar-refractivity contribution in [3.8, 4) is 0 Å². The first-order valence-corrected chi connectivity index (χ1v) is 5.02. The van der Waals surface area contributed by atoms with E-state index in [1.54, 1.807) is 0 Å². The molecule has 3 heteroatoms. The fourth-order valence-corrected chi connectivity index (χ4v) is 1.10. The number of aryl methyl sites for hydroxylation is 1. The van der Waals surface area contributed by atoms with Gasteiger partial charge in [-0.25, -0.2) is 4.98 Å². The van der Waals surface area contributed by atoms with Gasteiger partial charge in [0.1, 0.15) is 5.82 Å². The Labute approximate surface area is 80.0 Å². The van der Waals surface area contributed by atoms with Crippen LogP contribution in [0.3, 0.4) is 0 Å². The van der Waals surface area contributed by atoms with E-state index >= 15 is 0 Å². The Hall–Kier alpha value is -0.860. The molecule has 0 aliphatic heterocycles. The molecule has 13 heavy (non-hydrogen) atoms. The van der Waals surface area contributed by atoms with Crippen LogP contribution in [0.1, 0.15) is 52.2 Å². The lowest BCUT2D eigenvalue weighted by atomic mass is 9.90. The SMILES string of the molecule is CCCc1nc(C(C)(C)CC)n[nH]1. The van der Waals surface area contributed by atoms with Gasteiger partial charge in [0.2, 0.25) is 0 Å². The van der Waals surface area contributed by atoms with Gasteiger partial charge in [0, 0.05) is 11.8 Å². The molecule has 0 aromatic carbocycles. The molecule has 0 amide bonds. The molecule has 0 fully saturated rings. The summed E-state index contributed by atoms with van der Waals surface area (Å²) in [5.41, 5.74) is 0.0997. The summed E-state index contributed by atoms with van der Waals surface area (Å²) in [4.78, 5) is 4.48. The molecule has 0 atom stereocenters. The number of aromatic amines is 1. The molecular formula is C10H19N3. The minimum absolute atomic E-state index is 0.0997. The number of rotatable bonds is 4. The van der Waals surface area contributed by atoms with E-state index in [-0.39, 0.29) is 5.41 Å². The number of nitrogens with one attached hydrogen (secondary N) is 1. The lowest BCUT2D eigenvalue weighted by Crippen LogP contribution is -2.17. The molecule has 3 nitrogen and oxygen atoms in total. The van der Waals surface area contributed by atoms with Crippen LogP contribution in [0, 0.1) is 0 Å². The van der Waals surface area contributed by atoms with Gasteiger partial charge >= 0.3 is 0 Å². The van der Waals surface area contributed by atoms with Crippen molar-refractivity contribution in [1.29, 1.82) is 0 Å². The third-order valence-electron chi connectivity index (χ3n) is 2.51. The summed E-state index contributed by atoms with van der Waals surface area (Å²) >= 11 is 0. The summed E-state index contributed by atoms with van der Waals surface area (Å²) in [5.74, 6) is 1.96. The first-order chi connectivity index (χ1) is 6.10. The minimum atomic E-state index is 0.0997. The zero-order valence-electron chi connectivity index (χ0n) is 9.02. The molecule has 1 heterocycles. The minimum Gasteiger partial charge on any atom is -0.263 e. The van der Waals surface area contributed by atoms with E-state index in [1.807, 2.05) is 0 Å². The Morgan fingerprint density at radius 3 is 2.54 bits per heavy atom. The number of hydrogen-bond acceptors (Lipinski definition) is 2. The molecule has 0 unspecified atom stereocenters. The molecule has 1 aromatic heterocycles. The highest BCUT2D eigenvalue weighted by Gasteiger charge is 2.22. The van der Waals surface area contributed by atoms with Crippen molar-refractivity contribution < 1.29 is 0 Å². The van der Waals surface area contributed by atoms with Crippen molar-refractivity contribution in [1.82, 2.24) is 15.2 Å². The number of nitrogens with zero attached hydrogens (tertiary/aromatic N) is 2. The second-order valence-electron chi connectivity index (χ2n) is 4.09. The van der Waals surface area contributed by atoms with E-state index in [4.69, 9.17) is 0 Å². The molecule has 0 saturated heterocycles. The fourth-order valence-electron chi connectivity index (χ4n) is 1.10. The van der Waals surface area contributed by atoms with E-state index in [0.29, 0.717) is 0 Å². The predicted octanol–water partition coefficient (Wildman–Crippen LogP) is 2.44. The Morgan fingerprint density at radius 2 is 2.00 bits per heavy atom. The Kier molecular flexibility index (Phi) is 3.07. The van der Waals surface area contributed by atoms with E-state index in [2.05, 4.69) is 42.9 Å². The standard InChI is InChI=1S/C10H19N3/c1-5-7-8-11-9(13-12-8)10(3,4)6-2/h5-7H2,1-4H3,(H,11,12,13). The van der Waals surface area contributed by atoms with Gasteiger partial charge in [-0.15, -0.1) is 0 Å². The number of aromatic nitrogens is 3. The molecular weight excluding hydrogens is 162 g/mol. The molecule has 0 aliphatic carbocycles. The second kappa shape index (κ2) is 3.90. The van der Waals surface area contributed by atoms with Crippen LogP contribution in [0.25, 0.3) is 0 Å². The summed E-state index contributed by atoms with van der Waals surface area (Å²) in [5, 5.41) is 7.23. The van der Waals surface area contributed by atoms with E-state index in [9.17, 15) is 0 Å². The summed E-state index contributed by atoms with van der Waals surface area (Å²) < 4.78 is 0. The lowest BCUT2D eigenvalue weighted by Gasteiger charge is -2.17. The van der Waals surface area contributed by atoms with Gasteiger partial charge in [-0.2, -0.15) is 5.10 Å². The highest BCUT2D eigenvalue weighted by Crippen LogP contribution is 2.22. The first kappa shape index (κ1) is 10.2. The van der Waals surface area contributed by atoms with Gasteiger partial charge in [0.15, 0.2) is 5.82 Å². The van der Waals surface area contributed by atoms with Crippen LogP contribution in [0.2, 0.25) is 0 Å². The van der Waals surface area contributed by atoms with E-state index in [0.717, 1.165) is 30.9 Å². The molecule has 0 spiro atoms. The average molecular weight is 181 g/mol. The average Bonchev–Trinajstić information content (AvgIpc) is 2.54. The number of hydrogen-bond donors (Lipinski definition) is 1. The fraction of sp³-hybridized carbons (Fsp3) is 0.800. The molecule has 1 N–H and O–H groups in total. The van der Waals surface area contributed by atoms with Crippen LogP contribution in [-0.2, 0) is 11.8 Å². The molecule has 0 saturated carbocycles. The summed E-state index contributed by atoms with van der Waals surface area (Å²) in [6.07, 6.45) is 3.17. The van der Waals surface area contributed by atoms with Crippen LogP contribution in [0.5, 0.6) is 0 Å². The van der Waals surface area contributed by atoms with Crippen LogP contribution >= 0.6 is 0 Å². The Balaban J connectivity index is 2.79. The maximum absolute atomic E-state index is 4.48. The van der Waals surface area contributed by atoms with Crippen LogP contribution in [0.15, 0.2) is 0 Å². The Bertz CT molecular complexity index is 263.